The minimum atomic E-state index is 0.539. The number of amides is 1. The summed E-state index contributed by atoms with van der Waals surface area (Å²) in [4.78, 5) is 23.4. The van der Waals surface area contributed by atoms with Crippen LogP contribution in [0, 0.1) is 0 Å². The first kappa shape index (κ1) is 14.6. The van der Waals surface area contributed by atoms with Crippen molar-refractivity contribution in [2.45, 2.75) is 0 Å². The standard InChI is InChI=1S/C15H16ClN5O/c16-12-1-3-13(4-2-12)18-15-17-6-5-14(19-15)21-9-7-20(11-22)8-10-21/h1-6,11H,7-10H2,(H,17,18,19). The molecule has 0 saturated carbocycles. The highest BCUT2D eigenvalue weighted by Gasteiger charge is 2.17. The number of carbonyl (C=O) groups is 1. The van der Waals surface area contributed by atoms with Crippen LogP contribution in [-0.2, 0) is 4.79 Å². The van der Waals surface area contributed by atoms with Crippen molar-refractivity contribution >= 4 is 35.5 Å². The lowest BCUT2D eigenvalue weighted by Gasteiger charge is -2.33. The van der Waals surface area contributed by atoms with Crippen LogP contribution in [-0.4, -0.2) is 47.5 Å². The van der Waals surface area contributed by atoms with Gasteiger partial charge in [-0.1, -0.05) is 11.6 Å². The summed E-state index contributed by atoms with van der Waals surface area (Å²) in [6, 6.07) is 9.25. The van der Waals surface area contributed by atoms with Gasteiger partial charge in [-0.05, 0) is 30.3 Å². The number of piperazine rings is 1. The number of aromatic nitrogens is 2. The molecule has 7 heteroatoms. The third kappa shape index (κ3) is 3.46. The molecule has 1 amide bonds. The van der Waals surface area contributed by atoms with E-state index in [1.54, 1.807) is 11.1 Å². The first-order chi connectivity index (χ1) is 10.7. The monoisotopic (exact) mass is 317 g/mol. The van der Waals surface area contributed by atoms with Crippen molar-refractivity contribution in [1.29, 1.82) is 0 Å². The first-order valence-corrected chi connectivity index (χ1v) is 7.42. The van der Waals surface area contributed by atoms with Gasteiger partial charge in [-0.3, -0.25) is 4.79 Å². The Morgan fingerprint density at radius 1 is 1.09 bits per heavy atom. The SMILES string of the molecule is O=CN1CCN(c2ccnc(Nc3ccc(Cl)cc3)n2)CC1. The Balaban J connectivity index is 1.70. The van der Waals surface area contributed by atoms with Gasteiger partial charge in [-0.2, -0.15) is 4.98 Å². The minimum Gasteiger partial charge on any atom is -0.353 e. The number of hydrogen-bond acceptors (Lipinski definition) is 5. The molecule has 1 saturated heterocycles. The maximum absolute atomic E-state index is 10.7. The highest BCUT2D eigenvalue weighted by molar-refractivity contribution is 6.30. The van der Waals surface area contributed by atoms with E-state index in [0.717, 1.165) is 31.0 Å². The molecule has 1 fully saturated rings. The molecule has 0 aliphatic carbocycles. The molecule has 0 bridgehead atoms. The lowest BCUT2D eigenvalue weighted by Crippen LogP contribution is -2.46. The van der Waals surface area contributed by atoms with Gasteiger partial charge >= 0.3 is 0 Å². The van der Waals surface area contributed by atoms with Gasteiger partial charge in [0.1, 0.15) is 5.82 Å². The van der Waals surface area contributed by atoms with E-state index < -0.39 is 0 Å². The Kier molecular flexibility index (Phi) is 4.39. The molecule has 2 heterocycles. The van der Waals surface area contributed by atoms with Crippen molar-refractivity contribution in [3.8, 4) is 0 Å². The zero-order valence-corrected chi connectivity index (χ0v) is 12.7. The Morgan fingerprint density at radius 2 is 1.82 bits per heavy atom. The molecule has 1 aliphatic heterocycles. The zero-order chi connectivity index (χ0) is 15.4. The second kappa shape index (κ2) is 6.62. The largest absolute Gasteiger partial charge is 0.353 e. The Bertz CT molecular complexity index is 641. The lowest BCUT2D eigenvalue weighted by atomic mass is 10.3. The van der Waals surface area contributed by atoms with Gasteiger partial charge in [0.15, 0.2) is 0 Å². The highest BCUT2D eigenvalue weighted by Crippen LogP contribution is 2.19. The van der Waals surface area contributed by atoms with E-state index in [1.807, 2.05) is 30.3 Å². The zero-order valence-electron chi connectivity index (χ0n) is 11.9. The Hall–Kier alpha value is -2.34. The number of hydrogen-bond donors (Lipinski definition) is 1. The molecule has 1 N–H and O–H groups in total. The van der Waals surface area contributed by atoms with E-state index >= 15 is 0 Å². The number of halogens is 1. The second-order valence-corrected chi connectivity index (χ2v) is 5.44. The van der Waals surface area contributed by atoms with Crippen molar-refractivity contribution in [2.75, 3.05) is 36.4 Å². The summed E-state index contributed by atoms with van der Waals surface area (Å²) in [5, 5.41) is 3.84. The van der Waals surface area contributed by atoms with Crippen LogP contribution in [0.25, 0.3) is 0 Å². The number of benzene rings is 1. The average molecular weight is 318 g/mol. The van der Waals surface area contributed by atoms with E-state index in [1.165, 1.54) is 0 Å². The highest BCUT2D eigenvalue weighted by atomic mass is 35.5. The number of anilines is 3. The quantitative estimate of drug-likeness (QED) is 0.876. The van der Waals surface area contributed by atoms with Crippen LogP contribution >= 0.6 is 11.6 Å². The van der Waals surface area contributed by atoms with Crippen molar-refractivity contribution < 1.29 is 4.79 Å². The summed E-state index contributed by atoms with van der Waals surface area (Å²) in [6.45, 7) is 2.98. The molecule has 0 unspecified atom stereocenters. The fourth-order valence-corrected chi connectivity index (χ4v) is 2.43. The van der Waals surface area contributed by atoms with Gasteiger partial charge in [0.2, 0.25) is 12.4 Å². The van der Waals surface area contributed by atoms with Crippen LogP contribution in [0.2, 0.25) is 5.02 Å². The number of rotatable bonds is 4. The van der Waals surface area contributed by atoms with E-state index in [2.05, 4.69) is 20.2 Å². The fraction of sp³-hybridized carbons (Fsp3) is 0.267. The van der Waals surface area contributed by atoms with Crippen LogP contribution in [0.4, 0.5) is 17.5 Å². The minimum absolute atomic E-state index is 0.539. The summed E-state index contributed by atoms with van der Waals surface area (Å²) in [7, 11) is 0. The van der Waals surface area contributed by atoms with Gasteiger partial charge < -0.3 is 15.1 Å². The van der Waals surface area contributed by atoms with Gasteiger partial charge in [0.05, 0.1) is 0 Å². The summed E-state index contributed by atoms with van der Waals surface area (Å²) in [6.07, 6.45) is 2.62. The molecule has 0 spiro atoms. The predicted octanol–water partition coefficient (Wildman–Crippen LogP) is 2.15. The lowest BCUT2D eigenvalue weighted by molar-refractivity contribution is -0.118. The van der Waals surface area contributed by atoms with E-state index in [0.29, 0.717) is 24.1 Å². The summed E-state index contributed by atoms with van der Waals surface area (Å²) in [5.41, 5.74) is 0.882. The molecule has 0 atom stereocenters. The molecule has 1 aromatic carbocycles. The van der Waals surface area contributed by atoms with E-state index in [-0.39, 0.29) is 0 Å². The van der Waals surface area contributed by atoms with Crippen molar-refractivity contribution in [3.63, 3.8) is 0 Å². The van der Waals surface area contributed by atoms with E-state index in [9.17, 15) is 4.79 Å². The molecule has 1 aliphatic rings. The first-order valence-electron chi connectivity index (χ1n) is 7.04. The molecule has 3 rings (SSSR count). The number of nitrogens with zero attached hydrogens (tertiary/aromatic N) is 4. The Labute approximate surface area is 133 Å². The molecule has 0 radical (unpaired) electrons. The smallest absolute Gasteiger partial charge is 0.229 e. The Morgan fingerprint density at radius 3 is 2.50 bits per heavy atom. The predicted molar refractivity (Wildman–Crippen MR) is 86.6 cm³/mol. The second-order valence-electron chi connectivity index (χ2n) is 5.00. The molecular weight excluding hydrogens is 302 g/mol. The summed E-state index contributed by atoms with van der Waals surface area (Å²) in [5.74, 6) is 1.40. The summed E-state index contributed by atoms with van der Waals surface area (Å²) < 4.78 is 0. The van der Waals surface area contributed by atoms with Crippen LogP contribution in [0.15, 0.2) is 36.5 Å². The fourth-order valence-electron chi connectivity index (χ4n) is 2.30. The molecule has 114 valence electrons. The van der Waals surface area contributed by atoms with Crippen LogP contribution < -0.4 is 10.2 Å². The topological polar surface area (TPSA) is 61.4 Å². The normalized spacial score (nSPS) is 14.8. The number of nitrogens with one attached hydrogen (secondary N) is 1. The maximum atomic E-state index is 10.7. The van der Waals surface area contributed by atoms with Crippen molar-refractivity contribution in [1.82, 2.24) is 14.9 Å². The third-order valence-electron chi connectivity index (χ3n) is 3.53. The third-order valence-corrected chi connectivity index (χ3v) is 3.78. The van der Waals surface area contributed by atoms with Crippen LogP contribution in [0.5, 0.6) is 0 Å². The molecule has 1 aromatic heterocycles. The van der Waals surface area contributed by atoms with Crippen molar-refractivity contribution in [3.05, 3.63) is 41.6 Å². The molecule has 22 heavy (non-hydrogen) atoms. The van der Waals surface area contributed by atoms with Gasteiger partial charge in [0, 0.05) is 43.1 Å². The molecule has 6 nitrogen and oxygen atoms in total. The van der Waals surface area contributed by atoms with Crippen molar-refractivity contribution in [2.24, 2.45) is 0 Å². The number of carbonyl (C=O) groups excluding carboxylic acids is 1. The van der Waals surface area contributed by atoms with Gasteiger partial charge in [-0.25, -0.2) is 4.98 Å². The van der Waals surface area contributed by atoms with E-state index in [4.69, 9.17) is 11.6 Å². The molecular formula is C15H16ClN5O. The van der Waals surface area contributed by atoms with Gasteiger partial charge in [0.25, 0.3) is 0 Å². The van der Waals surface area contributed by atoms with Crippen LogP contribution in [0.1, 0.15) is 0 Å². The van der Waals surface area contributed by atoms with Gasteiger partial charge in [-0.15, -0.1) is 0 Å². The summed E-state index contributed by atoms with van der Waals surface area (Å²) >= 11 is 5.87. The average Bonchev–Trinajstić information content (AvgIpc) is 2.57. The maximum Gasteiger partial charge on any atom is 0.229 e. The van der Waals surface area contributed by atoms with Crippen LogP contribution in [0.3, 0.4) is 0 Å². The molecule has 2 aromatic rings.